The van der Waals surface area contributed by atoms with Gasteiger partial charge < -0.3 is 34.4 Å². The second-order valence-corrected chi connectivity index (χ2v) is 19.4. The molecule has 2 aromatic carbocycles. The number of H-pyrrole nitrogens is 1. The van der Waals surface area contributed by atoms with Crippen molar-refractivity contribution in [2.75, 3.05) is 37.1 Å². The number of primary amides is 1. The number of carbonyl (C=O) groups excluding carboxylic acids is 4. The highest BCUT2D eigenvalue weighted by atomic mass is 32.1. The number of nitrogens with one attached hydrogen (secondary N) is 4. The second kappa shape index (κ2) is 21.3. The van der Waals surface area contributed by atoms with E-state index >= 15 is 0 Å². The van der Waals surface area contributed by atoms with Gasteiger partial charge in [0, 0.05) is 61.3 Å². The van der Waals surface area contributed by atoms with Crippen molar-refractivity contribution in [2.24, 2.45) is 5.73 Å². The third kappa shape index (κ3) is 10.1. The maximum Gasteiger partial charge on any atom is 0.276 e. The molecule has 25 heteroatoms. The van der Waals surface area contributed by atoms with Crippen molar-refractivity contribution >= 4 is 71.1 Å². The number of anilines is 2. The molecular weight excluding hydrogens is 983 g/mol. The number of allylic oxidation sites excluding steroid dienone is 2. The van der Waals surface area contributed by atoms with E-state index in [0.29, 0.717) is 94.0 Å². The molecule has 1 saturated carbocycles. The van der Waals surface area contributed by atoms with Gasteiger partial charge in [0.1, 0.15) is 47.1 Å². The quantitative estimate of drug-likeness (QED) is 0.112. The van der Waals surface area contributed by atoms with Crippen LogP contribution in [0.5, 0.6) is 11.5 Å². The molecule has 3 aliphatic heterocycles. The van der Waals surface area contributed by atoms with Crippen LogP contribution in [0.15, 0.2) is 48.6 Å². The summed E-state index contributed by atoms with van der Waals surface area (Å²) in [4.78, 5) is 67.8. The first kappa shape index (κ1) is 50.9. The predicted octanol–water partition coefficient (Wildman–Crippen LogP) is 4.38. The Morgan fingerprint density at radius 3 is 1.72 bits per heavy atom. The largest absolute Gasteiger partial charge is 0.490 e. The SMILES string of the molecule is CCn1nc(C)cc1C(=O)Nc1nc2cc(C(N)=O)cc3c2n1C/C=C/Cn1c(NC(=O)c2cc(C)nn2CC)nc2cc(C(=O)NC4CCC(c5nn[nH]n5)CC4)cc(c21)OC[C@@H](N1C2CCC1COC2)CO3.S. The highest BCUT2D eigenvalue weighted by Gasteiger charge is 2.42. The fourth-order valence-corrected chi connectivity index (χ4v) is 11.1. The topological polar surface area (TPSA) is 287 Å². The van der Waals surface area contributed by atoms with E-state index in [0.717, 1.165) is 38.5 Å². The Balaban J connectivity index is 0.00000641. The summed E-state index contributed by atoms with van der Waals surface area (Å²) in [5, 5.41) is 33.0. The molecule has 8 heterocycles. The van der Waals surface area contributed by atoms with Crippen LogP contribution in [-0.2, 0) is 30.9 Å². The van der Waals surface area contributed by atoms with Gasteiger partial charge in [0.05, 0.1) is 41.7 Å². The summed E-state index contributed by atoms with van der Waals surface area (Å²) in [5.74, 6) is 0.180. The van der Waals surface area contributed by atoms with Crippen molar-refractivity contribution in [2.45, 2.75) is 122 Å². The van der Waals surface area contributed by atoms with Gasteiger partial charge in [-0.05, 0) is 103 Å². The van der Waals surface area contributed by atoms with Gasteiger partial charge >= 0.3 is 0 Å². The second-order valence-electron chi connectivity index (χ2n) is 19.4. The Labute approximate surface area is 437 Å². The average Bonchev–Trinajstić information content (AvgIpc) is 4.28. The number of fused-ring (bicyclic) bond motifs is 2. The summed E-state index contributed by atoms with van der Waals surface area (Å²) in [7, 11) is 0. The van der Waals surface area contributed by atoms with Gasteiger partial charge in [0.15, 0.2) is 5.82 Å². The lowest BCUT2D eigenvalue weighted by Gasteiger charge is -2.40. The molecule has 2 bridgehead atoms. The first-order valence-corrected chi connectivity index (χ1v) is 25.3. The van der Waals surface area contributed by atoms with Crippen LogP contribution in [0.4, 0.5) is 11.9 Å². The minimum Gasteiger partial charge on any atom is -0.490 e. The monoisotopic (exact) mass is 1040 g/mol. The molecule has 3 fully saturated rings. The lowest BCUT2D eigenvalue weighted by molar-refractivity contribution is -0.0534. The van der Waals surface area contributed by atoms with Crippen LogP contribution in [0, 0.1) is 13.8 Å². The van der Waals surface area contributed by atoms with Crippen molar-refractivity contribution in [3.63, 3.8) is 0 Å². The zero-order valence-corrected chi connectivity index (χ0v) is 43.2. The smallest absolute Gasteiger partial charge is 0.276 e. The standard InChI is InChI=1S/C50H59N17O7.H2S/c1-5-65-38(17-27(3)59-65)47(70)55-49-53-36-19-30(44(51)68)21-40-42(36)63(49)15-7-8-16-64-43-37(54-50(64)56-48(71)39-18-28(4)60-66(39)6-2)20-31(46(69)52-32-11-9-29(10-12-32)45-57-61-62-58-45)22-41(43)74-26-35(25-73-40)67-33-13-14-34(67)24-72-23-33;/h7-8,17-22,29,32-35H,5-6,9-16,23-26H2,1-4H3,(H2,51,68)(H,52,69)(H,53,55,70)(H,54,56,71)(H,57,58,61,62);1H2/b8-7+;/t29?,32?,33?,34?,35-;/m0./s1. The van der Waals surface area contributed by atoms with E-state index in [1.54, 1.807) is 45.8 Å². The summed E-state index contributed by atoms with van der Waals surface area (Å²) < 4.78 is 26.8. The van der Waals surface area contributed by atoms with E-state index in [9.17, 15) is 19.2 Å². The number of hydrogen-bond acceptors (Lipinski definition) is 15. The number of rotatable bonds is 11. The number of aromatic nitrogens is 12. The number of morpholine rings is 1. The molecule has 3 atom stereocenters. The number of tetrazole rings is 1. The van der Waals surface area contributed by atoms with E-state index in [4.69, 9.17) is 29.9 Å². The van der Waals surface area contributed by atoms with Gasteiger partial charge in [-0.3, -0.25) is 44.1 Å². The lowest BCUT2D eigenvalue weighted by atomic mass is 9.85. The van der Waals surface area contributed by atoms with Gasteiger partial charge in [0.25, 0.3) is 17.7 Å². The third-order valence-electron chi connectivity index (χ3n) is 14.6. The molecule has 5 aromatic heterocycles. The molecule has 1 aliphatic carbocycles. The highest BCUT2D eigenvalue weighted by Crippen LogP contribution is 2.37. The van der Waals surface area contributed by atoms with Gasteiger partial charge in [-0.2, -0.15) is 28.9 Å². The molecule has 394 valence electrons. The van der Waals surface area contributed by atoms with Crippen LogP contribution in [0.25, 0.3) is 22.1 Å². The van der Waals surface area contributed by atoms with Gasteiger partial charge in [-0.1, -0.05) is 17.4 Å². The van der Waals surface area contributed by atoms with Crippen molar-refractivity contribution in [3.8, 4) is 11.5 Å². The fraction of sp³-hybridized carbons (Fsp3) is 0.460. The van der Waals surface area contributed by atoms with Crippen molar-refractivity contribution < 1.29 is 33.4 Å². The molecular formula is C50H61N17O7S. The number of amides is 4. The first-order valence-electron chi connectivity index (χ1n) is 25.3. The van der Waals surface area contributed by atoms with Crippen molar-refractivity contribution in [3.05, 3.63) is 88.3 Å². The van der Waals surface area contributed by atoms with Crippen LogP contribution in [0.3, 0.4) is 0 Å². The van der Waals surface area contributed by atoms with E-state index < -0.39 is 17.7 Å². The Hall–Kier alpha value is -7.64. The minimum absolute atomic E-state index is 0. The van der Waals surface area contributed by atoms with Gasteiger partial charge in [-0.15, -0.1) is 10.2 Å². The Kier molecular flexibility index (Phi) is 14.4. The van der Waals surface area contributed by atoms with E-state index in [-0.39, 0.29) is 93.3 Å². The van der Waals surface area contributed by atoms with E-state index in [2.05, 4.69) is 51.7 Å². The molecule has 11 rings (SSSR count). The number of aromatic amines is 1. The maximum absolute atomic E-state index is 14.4. The van der Waals surface area contributed by atoms with Gasteiger partial charge in [-0.25, -0.2) is 9.97 Å². The van der Waals surface area contributed by atoms with Crippen LogP contribution >= 0.6 is 13.5 Å². The molecule has 4 aliphatic rings. The van der Waals surface area contributed by atoms with E-state index in [1.165, 1.54) is 0 Å². The first-order chi connectivity index (χ1) is 35.9. The van der Waals surface area contributed by atoms with Crippen LogP contribution in [-0.4, -0.2) is 138 Å². The number of hydrogen-bond donors (Lipinski definition) is 5. The molecule has 6 N–H and O–H groups in total. The summed E-state index contributed by atoms with van der Waals surface area (Å²) in [6.07, 6.45) is 8.71. The van der Waals surface area contributed by atoms with Crippen LogP contribution in [0.2, 0.25) is 0 Å². The third-order valence-corrected chi connectivity index (χ3v) is 14.6. The van der Waals surface area contributed by atoms with Crippen molar-refractivity contribution in [1.29, 1.82) is 0 Å². The number of benzene rings is 2. The zero-order valence-electron chi connectivity index (χ0n) is 42.2. The average molecular weight is 1040 g/mol. The summed E-state index contributed by atoms with van der Waals surface area (Å²) in [5.41, 5.74) is 10.4. The molecule has 7 aromatic rings. The minimum atomic E-state index is -0.673. The molecule has 2 unspecified atom stereocenters. The van der Waals surface area contributed by atoms with Crippen LogP contribution < -0.4 is 31.2 Å². The molecule has 75 heavy (non-hydrogen) atoms. The highest BCUT2D eigenvalue weighted by molar-refractivity contribution is 7.59. The number of imidazole rings is 2. The Bertz CT molecular complexity index is 3300. The molecule has 0 spiro atoms. The maximum atomic E-state index is 14.4. The number of nitrogens with two attached hydrogens (primary N) is 1. The predicted molar refractivity (Wildman–Crippen MR) is 280 cm³/mol. The summed E-state index contributed by atoms with van der Waals surface area (Å²) in [6, 6.07) is 9.82. The fourth-order valence-electron chi connectivity index (χ4n) is 11.1. The summed E-state index contributed by atoms with van der Waals surface area (Å²) >= 11 is 0. The number of nitrogens with zero attached hydrogens (tertiary/aromatic N) is 12. The summed E-state index contributed by atoms with van der Waals surface area (Å²) in [6.45, 7) is 10.1. The molecule has 2 saturated heterocycles. The van der Waals surface area contributed by atoms with E-state index in [1.807, 2.05) is 49.0 Å². The Morgan fingerprint density at radius 2 is 1.21 bits per heavy atom. The van der Waals surface area contributed by atoms with Crippen LogP contribution in [0.1, 0.15) is 117 Å². The molecule has 4 amide bonds. The molecule has 24 nitrogen and oxygen atoms in total. The van der Waals surface area contributed by atoms with Gasteiger partial charge in [0.2, 0.25) is 17.8 Å². The normalized spacial score (nSPS) is 21.3. The zero-order chi connectivity index (χ0) is 51.2. The number of ether oxygens (including phenoxy) is 3. The lowest BCUT2D eigenvalue weighted by Crippen LogP contribution is -2.55. The number of aryl methyl sites for hydroxylation is 4. The Morgan fingerprint density at radius 1 is 0.680 bits per heavy atom. The number of carbonyl (C=O) groups is 4. The van der Waals surface area contributed by atoms with Crippen molar-refractivity contribution in [1.82, 2.24) is 69.5 Å². The molecule has 0 radical (unpaired) electrons.